The highest BCUT2D eigenvalue weighted by Crippen LogP contribution is 2.35. The number of ether oxygens (including phenoxy) is 4. The van der Waals surface area contributed by atoms with Crippen molar-refractivity contribution in [2.24, 2.45) is 20.5 Å². The van der Waals surface area contributed by atoms with Crippen molar-refractivity contribution in [1.29, 1.82) is 0 Å². The van der Waals surface area contributed by atoms with E-state index < -0.39 is 105 Å². The minimum absolute atomic E-state index is 0.328. The second-order valence-electron chi connectivity index (χ2n) is 9.30. The Morgan fingerprint density at radius 2 is 1.17 bits per heavy atom. The van der Waals surface area contributed by atoms with Crippen LogP contribution in [-0.4, -0.2) is 141 Å². The standard InChI is InChI=1S/C18H28N12O11/c19-27-23-2-6-10(33)12(35)13(36)18(38-6)41-16-5(25-29-21)1-4(24-28-20)15(14(16)37)40-17-11(34)8(26-30-22)9(32)7(3-31)39-17/h4-18,31-37H,1-3H2/t4-,5?,6?,7-,8?,9-,10-,11-,12+,13?,14-,15?,16-,17?,18-/m1/s1. The van der Waals surface area contributed by atoms with Crippen molar-refractivity contribution >= 4 is 0 Å². The van der Waals surface area contributed by atoms with Crippen LogP contribution >= 0.6 is 0 Å². The summed E-state index contributed by atoms with van der Waals surface area (Å²) in [4.78, 5) is 10.5. The van der Waals surface area contributed by atoms with Crippen molar-refractivity contribution < 1.29 is 54.7 Å². The van der Waals surface area contributed by atoms with Crippen molar-refractivity contribution in [3.05, 3.63) is 41.8 Å². The first-order chi connectivity index (χ1) is 19.6. The molecular formula is C18H28N12O11. The van der Waals surface area contributed by atoms with Crippen LogP contribution in [0.1, 0.15) is 6.42 Å². The Morgan fingerprint density at radius 1 is 0.634 bits per heavy atom. The van der Waals surface area contributed by atoms with E-state index in [1.165, 1.54) is 0 Å². The number of hydrogen-bond donors (Lipinski definition) is 7. The number of aliphatic hydroxyl groups excluding tert-OH is 7. The van der Waals surface area contributed by atoms with Gasteiger partial charge in [-0.25, -0.2) is 0 Å². The molecule has 7 N–H and O–H groups in total. The normalized spacial score (nSPS) is 44.3. The second kappa shape index (κ2) is 14.6. The molecule has 0 spiro atoms. The average molecular weight is 588 g/mol. The molecule has 23 nitrogen and oxygen atoms in total. The zero-order valence-electron chi connectivity index (χ0n) is 20.9. The molecule has 3 fully saturated rings. The fraction of sp³-hybridized carbons (Fsp3) is 1.00. The maximum Gasteiger partial charge on any atom is 0.186 e. The van der Waals surface area contributed by atoms with E-state index in [1.54, 1.807) is 0 Å². The molecule has 3 rings (SSSR count). The van der Waals surface area contributed by atoms with Gasteiger partial charge in [-0.05, 0) is 28.5 Å². The van der Waals surface area contributed by atoms with Gasteiger partial charge >= 0.3 is 0 Å². The smallest absolute Gasteiger partial charge is 0.186 e. The van der Waals surface area contributed by atoms with E-state index >= 15 is 0 Å². The van der Waals surface area contributed by atoms with Crippen molar-refractivity contribution in [1.82, 2.24) is 0 Å². The lowest BCUT2D eigenvalue weighted by Crippen LogP contribution is -2.65. The van der Waals surface area contributed by atoms with Gasteiger partial charge in [0.15, 0.2) is 12.6 Å². The zero-order valence-corrected chi connectivity index (χ0v) is 20.9. The molecule has 1 aliphatic carbocycles. The molecule has 0 aromatic carbocycles. The van der Waals surface area contributed by atoms with Gasteiger partial charge in [0.1, 0.15) is 36.6 Å². The van der Waals surface area contributed by atoms with Crippen LogP contribution in [0.3, 0.4) is 0 Å². The Kier molecular flexibility index (Phi) is 11.5. The first-order valence-electron chi connectivity index (χ1n) is 12.1. The third kappa shape index (κ3) is 7.00. The Morgan fingerprint density at radius 3 is 1.68 bits per heavy atom. The van der Waals surface area contributed by atoms with Crippen molar-refractivity contribution in [3.63, 3.8) is 0 Å². The Bertz CT molecular complexity index is 1100. The summed E-state index contributed by atoms with van der Waals surface area (Å²) in [5.74, 6) is 0. The van der Waals surface area contributed by atoms with Crippen molar-refractivity contribution in [2.75, 3.05) is 13.2 Å². The summed E-state index contributed by atoms with van der Waals surface area (Å²) in [5, 5.41) is 86.3. The molecule has 2 heterocycles. The van der Waals surface area contributed by atoms with Crippen molar-refractivity contribution in [3.8, 4) is 0 Å². The van der Waals surface area contributed by atoms with E-state index in [2.05, 4.69) is 40.1 Å². The number of rotatable bonds is 10. The highest BCUT2D eigenvalue weighted by atomic mass is 16.7. The third-order valence-electron chi connectivity index (χ3n) is 6.92. The van der Waals surface area contributed by atoms with Crippen LogP contribution in [0.15, 0.2) is 20.5 Å². The highest BCUT2D eigenvalue weighted by molar-refractivity contribution is 5.04. The molecule has 15 atom stereocenters. The van der Waals surface area contributed by atoms with Crippen LogP contribution in [0.4, 0.5) is 0 Å². The molecule has 0 aromatic rings. The molecular weight excluding hydrogens is 560 g/mol. The van der Waals surface area contributed by atoms with Gasteiger partial charge < -0.3 is 54.7 Å². The minimum atomic E-state index is -1.90. The van der Waals surface area contributed by atoms with Crippen molar-refractivity contribution in [2.45, 2.75) is 98.2 Å². The minimum Gasteiger partial charge on any atom is -0.394 e. The second-order valence-corrected chi connectivity index (χ2v) is 9.30. The maximum atomic E-state index is 11.3. The van der Waals surface area contributed by atoms with E-state index in [9.17, 15) is 35.7 Å². The lowest BCUT2D eigenvalue weighted by atomic mass is 9.84. The zero-order chi connectivity index (χ0) is 30.3. The molecule has 6 unspecified atom stereocenters. The van der Waals surface area contributed by atoms with Gasteiger partial charge in [0.25, 0.3) is 0 Å². The van der Waals surface area contributed by atoms with Gasteiger partial charge in [-0.1, -0.05) is 20.5 Å². The Balaban J connectivity index is 1.91. The summed E-state index contributed by atoms with van der Waals surface area (Å²) in [6.45, 7) is -1.26. The van der Waals surface area contributed by atoms with E-state index in [-0.39, 0.29) is 6.42 Å². The van der Waals surface area contributed by atoms with Crippen LogP contribution in [0.25, 0.3) is 41.8 Å². The summed E-state index contributed by atoms with van der Waals surface area (Å²) in [6.07, 6.45) is -20.6. The van der Waals surface area contributed by atoms with Gasteiger partial charge in [0, 0.05) is 19.6 Å². The van der Waals surface area contributed by atoms with Crippen LogP contribution in [-0.2, 0) is 18.9 Å². The van der Waals surface area contributed by atoms with Crippen LogP contribution in [0, 0.1) is 0 Å². The molecule has 0 radical (unpaired) electrons. The lowest BCUT2D eigenvalue weighted by molar-refractivity contribution is -0.331. The Hall–Kier alpha value is -3.20. The quantitative estimate of drug-likeness (QED) is 0.0840. The van der Waals surface area contributed by atoms with Crippen LogP contribution < -0.4 is 0 Å². The van der Waals surface area contributed by atoms with E-state index in [0.717, 1.165) is 0 Å². The monoisotopic (exact) mass is 588 g/mol. The van der Waals surface area contributed by atoms with Gasteiger partial charge in [0.05, 0.1) is 55.7 Å². The maximum absolute atomic E-state index is 11.3. The summed E-state index contributed by atoms with van der Waals surface area (Å²) >= 11 is 0. The molecule has 41 heavy (non-hydrogen) atoms. The molecule has 0 aromatic heterocycles. The van der Waals surface area contributed by atoms with Gasteiger partial charge in [0.2, 0.25) is 0 Å². The van der Waals surface area contributed by atoms with Gasteiger partial charge in [-0.2, -0.15) is 0 Å². The number of aliphatic hydroxyl groups is 7. The highest BCUT2D eigenvalue weighted by Gasteiger charge is 2.53. The molecule has 3 aliphatic rings. The first-order valence-corrected chi connectivity index (χ1v) is 12.1. The lowest BCUT2D eigenvalue weighted by Gasteiger charge is -2.47. The number of nitrogens with zero attached hydrogens (tertiary/aromatic N) is 12. The Labute approximate surface area is 228 Å². The number of hydrogen-bond acceptors (Lipinski definition) is 15. The molecule has 2 saturated heterocycles. The van der Waals surface area contributed by atoms with Gasteiger partial charge in [-0.15, -0.1) is 0 Å². The topological polar surface area (TPSA) is 374 Å². The van der Waals surface area contributed by atoms with E-state index in [0.29, 0.717) is 0 Å². The summed E-state index contributed by atoms with van der Waals surface area (Å²) in [7, 11) is 0. The molecule has 226 valence electrons. The molecule has 0 bridgehead atoms. The molecule has 23 heteroatoms. The van der Waals surface area contributed by atoms with Crippen LogP contribution in [0.5, 0.6) is 0 Å². The van der Waals surface area contributed by atoms with E-state index in [1.807, 2.05) is 0 Å². The largest absolute Gasteiger partial charge is 0.394 e. The number of azide groups is 4. The summed E-state index contributed by atoms with van der Waals surface area (Å²) in [6, 6.07) is -4.13. The SMILES string of the molecule is [N-]=[N+]=NCC1O[C@H](O[C@@H]2C(N=[N+]=[N-])C[C@@H](N=[N+]=[N-])C(OC3O[C@H](CO)[C@@H](O)C(N=[N+]=[N-])[C@H]3O)[C@H]2O)C(O)[C@@H](O)[C@@H]1O. The fourth-order valence-corrected chi connectivity index (χ4v) is 4.84. The summed E-state index contributed by atoms with van der Waals surface area (Å²) < 4.78 is 22.2. The van der Waals surface area contributed by atoms with Crippen LogP contribution in [0.2, 0.25) is 0 Å². The van der Waals surface area contributed by atoms with E-state index in [4.69, 9.17) is 41.1 Å². The average Bonchev–Trinajstić information content (AvgIpc) is 2.95. The molecule has 0 amide bonds. The molecule has 2 aliphatic heterocycles. The molecule has 1 saturated carbocycles. The predicted octanol–water partition coefficient (Wildman–Crippen LogP) is -1.89. The predicted molar refractivity (Wildman–Crippen MR) is 128 cm³/mol. The summed E-state index contributed by atoms with van der Waals surface area (Å²) in [5.41, 5.74) is 35.6. The third-order valence-corrected chi connectivity index (χ3v) is 6.92. The fourth-order valence-electron chi connectivity index (χ4n) is 4.84. The first kappa shape index (κ1) is 32.3. The van der Waals surface area contributed by atoms with Gasteiger partial charge in [-0.3, -0.25) is 0 Å².